The molecule has 1 N–H and O–H groups in total. The van der Waals surface area contributed by atoms with Gasteiger partial charge < -0.3 is 14.4 Å². The van der Waals surface area contributed by atoms with Crippen LogP contribution in [0.25, 0.3) is 0 Å². The van der Waals surface area contributed by atoms with Crippen LogP contribution in [0.2, 0.25) is 0 Å². The fourth-order valence-corrected chi connectivity index (χ4v) is 2.25. The lowest BCUT2D eigenvalue weighted by atomic mass is 10.2. The molecule has 0 bridgehead atoms. The largest absolute Gasteiger partial charge is 0.481 e. The summed E-state index contributed by atoms with van der Waals surface area (Å²) in [5, 5.41) is 12.7. The molecule has 2 fully saturated rings. The minimum Gasteiger partial charge on any atom is -0.481 e. The monoisotopic (exact) mass is 238 g/mol. The van der Waals surface area contributed by atoms with Crippen molar-refractivity contribution in [2.45, 2.75) is 37.7 Å². The Hall–Kier alpha value is -1.43. The number of nitrogens with zero attached hydrogens (tertiary/aromatic N) is 2. The van der Waals surface area contributed by atoms with Crippen LogP contribution in [0, 0.1) is 5.92 Å². The molecular weight excluding hydrogens is 224 g/mol. The Morgan fingerprint density at radius 3 is 3.06 bits per heavy atom. The highest BCUT2D eigenvalue weighted by Gasteiger charge is 2.48. The second-order valence-electron chi connectivity index (χ2n) is 4.67. The van der Waals surface area contributed by atoms with Crippen LogP contribution in [0.1, 0.15) is 36.9 Å². The Labute approximate surface area is 98.0 Å². The van der Waals surface area contributed by atoms with Gasteiger partial charge in [0.2, 0.25) is 5.89 Å². The Kier molecular flexibility index (Phi) is 2.58. The first-order valence-corrected chi connectivity index (χ1v) is 5.91. The maximum atomic E-state index is 10.7. The fraction of sp³-hybridized carbons (Fsp3) is 0.727. The molecule has 1 saturated heterocycles. The van der Waals surface area contributed by atoms with Gasteiger partial charge in [-0.1, -0.05) is 5.16 Å². The lowest BCUT2D eigenvalue weighted by Gasteiger charge is -2.03. The summed E-state index contributed by atoms with van der Waals surface area (Å²) >= 11 is 0. The first-order chi connectivity index (χ1) is 8.24. The van der Waals surface area contributed by atoms with E-state index in [9.17, 15) is 4.79 Å². The maximum Gasteiger partial charge on any atom is 0.307 e. The Bertz CT molecular complexity index is 425. The summed E-state index contributed by atoms with van der Waals surface area (Å²) in [6, 6.07) is 0. The molecule has 0 amide bonds. The van der Waals surface area contributed by atoms with Crippen molar-refractivity contribution < 1.29 is 19.2 Å². The lowest BCUT2D eigenvalue weighted by molar-refractivity contribution is -0.138. The number of aliphatic carboxylic acids is 1. The van der Waals surface area contributed by atoms with Gasteiger partial charge in [-0.05, 0) is 19.3 Å². The van der Waals surface area contributed by atoms with Crippen molar-refractivity contribution in [1.82, 2.24) is 10.1 Å². The summed E-state index contributed by atoms with van der Waals surface area (Å²) in [4.78, 5) is 15.0. The molecule has 0 aromatic carbocycles. The number of rotatable bonds is 4. The van der Waals surface area contributed by atoms with Gasteiger partial charge in [-0.15, -0.1) is 0 Å². The van der Waals surface area contributed by atoms with Crippen LogP contribution in [0.15, 0.2) is 4.52 Å². The molecular formula is C11H14N2O4. The van der Waals surface area contributed by atoms with Gasteiger partial charge in [-0.3, -0.25) is 4.79 Å². The summed E-state index contributed by atoms with van der Waals surface area (Å²) in [6.07, 6.45) is 3.57. The molecule has 1 saturated carbocycles. The standard InChI is InChI=1S/C11H14N2O4/c14-11(15)8-5-7(8)10-12-9(13-17-10)4-6-2-1-3-16-6/h6-8H,1-5H2,(H,14,15). The molecule has 2 aliphatic rings. The zero-order valence-electron chi connectivity index (χ0n) is 9.33. The Morgan fingerprint density at radius 1 is 1.53 bits per heavy atom. The molecule has 2 heterocycles. The first kappa shape index (κ1) is 10.7. The van der Waals surface area contributed by atoms with E-state index in [1.807, 2.05) is 0 Å². The van der Waals surface area contributed by atoms with Crippen LogP contribution in [-0.2, 0) is 16.0 Å². The Morgan fingerprint density at radius 2 is 2.41 bits per heavy atom. The summed E-state index contributed by atoms with van der Waals surface area (Å²) < 4.78 is 10.6. The van der Waals surface area contributed by atoms with E-state index in [4.69, 9.17) is 14.4 Å². The molecule has 1 aliphatic heterocycles. The van der Waals surface area contributed by atoms with Crippen molar-refractivity contribution in [3.05, 3.63) is 11.7 Å². The summed E-state index contributed by atoms with van der Waals surface area (Å²) in [5.41, 5.74) is 0. The molecule has 1 aliphatic carbocycles. The zero-order chi connectivity index (χ0) is 11.8. The quantitative estimate of drug-likeness (QED) is 0.841. The molecule has 17 heavy (non-hydrogen) atoms. The number of hydrogen-bond acceptors (Lipinski definition) is 5. The summed E-state index contributed by atoms with van der Waals surface area (Å²) in [5.74, 6) is -0.119. The lowest BCUT2D eigenvalue weighted by Crippen LogP contribution is -2.09. The van der Waals surface area contributed by atoms with Crippen molar-refractivity contribution in [3.63, 3.8) is 0 Å². The van der Waals surface area contributed by atoms with Gasteiger partial charge in [0.05, 0.1) is 17.9 Å². The number of carboxylic acid groups (broad SMARTS) is 1. The highest BCUT2D eigenvalue weighted by atomic mass is 16.5. The van der Waals surface area contributed by atoms with Gasteiger partial charge in [0.1, 0.15) is 0 Å². The van der Waals surface area contributed by atoms with E-state index in [2.05, 4.69) is 10.1 Å². The van der Waals surface area contributed by atoms with Crippen LogP contribution in [0.3, 0.4) is 0 Å². The topological polar surface area (TPSA) is 85.5 Å². The number of ether oxygens (including phenoxy) is 1. The average Bonchev–Trinajstić information content (AvgIpc) is 2.73. The van der Waals surface area contributed by atoms with Crippen molar-refractivity contribution in [2.75, 3.05) is 6.61 Å². The SMILES string of the molecule is O=C(O)C1CC1c1nc(CC2CCCO2)no1. The molecule has 3 rings (SSSR count). The van der Waals surface area contributed by atoms with E-state index in [0.29, 0.717) is 24.6 Å². The van der Waals surface area contributed by atoms with E-state index in [-0.39, 0.29) is 17.9 Å². The summed E-state index contributed by atoms with van der Waals surface area (Å²) in [6.45, 7) is 0.805. The minimum absolute atomic E-state index is 0.0850. The molecule has 1 aromatic rings. The van der Waals surface area contributed by atoms with Gasteiger partial charge in [-0.2, -0.15) is 4.98 Å². The van der Waals surface area contributed by atoms with Crippen LogP contribution in [0.4, 0.5) is 0 Å². The van der Waals surface area contributed by atoms with Crippen molar-refractivity contribution in [1.29, 1.82) is 0 Å². The third-order valence-corrected chi connectivity index (χ3v) is 3.34. The molecule has 3 atom stereocenters. The highest BCUT2D eigenvalue weighted by Crippen LogP contribution is 2.46. The normalized spacial score (nSPS) is 31.6. The van der Waals surface area contributed by atoms with Gasteiger partial charge in [-0.25, -0.2) is 0 Å². The molecule has 3 unspecified atom stereocenters. The maximum absolute atomic E-state index is 10.7. The Balaban J connectivity index is 1.61. The van der Waals surface area contributed by atoms with Gasteiger partial charge in [0.15, 0.2) is 5.82 Å². The molecule has 92 valence electrons. The molecule has 0 radical (unpaired) electrons. The van der Waals surface area contributed by atoms with Crippen LogP contribution in [-0.4, -0.2) is 33.9 Å². The van der Waals surface area contributed by atoms with Gasteiger partial charge in [0, 0.05) is 13.0 Å². The molecule has 6 heteroatoms. The third kappa shape index (κ3) is 2.17. The first-order valence-electron chi connectivity index (χ1n) is 5.91. The number of aromatic nitrogens is 2. The highest BCUT2D eigenvalue weighted by molar-refractivity contribution is 5.74. The number of carboxylic acids is 1. The predicted octanol–water partition coefficient (Wildman–Crippen LogP) is 0.979. The van der Waals surface area contributed by atoms with Crippen molar-refractivity contribution in [3.8, 4) is 0 Å². The smallest absolute Gasteiger partial charge is 0.307 e. The van der Waals surface area contributed by atoms with Crippen molar-refractivity contribution >= 4 is 5.97 Å². The van der Waals surface area contributed by atoms with Crippen LogP contribution < -0.4 is 0 Å². The second kappa shape index (κ2) is 4.10. The summed E-state index contributed by atoms with van der Waals surface area (Å²) in [7, 11) is 0. The fourth-order valence-electron chi connectivity index (χ4n) is 2.25. The van der Waals surface area contributed by atoms with E-state index >= 15 is 0 Å². The van der Waals surface area contributed by atoms with E-state index < -0.39 is 5.97 Å². The van der Waals surface area contributed by atoms with E-state index in [1.54, 1.807) is 0 Å². The van der Waals surface area contributed by atoms with Crippen molar-refractivity contribution in [2.24, 2.45) is 5.92 Å². The number of hydrogen-bond donors (Lipinski definition) is 1. The minimum atomic E-state index is -0.783. The van der Waals surface area contributed by atoms with Gasteiger partial charge in [0.25, 0.3) is 0 Å². The van der Waals surface area contributed by atoms with Gasteiger partial charge >= 0.3 is 5.97 Å². The van der Waals surface area contributed by atoms with E-state index in [0.717, 1.165) is 19.4 Å². The van der Waals surface area contributed by atoms with E-state index in [1.165, 1.54) is 0 Å². The second-order valence-corrected chi connectivity index (χ2v) is 4.67. The average molecular weight is 238 g/mol. The molecule has 6 nitrogen and oxygen atoms in total. The number of carbonyl (C=O) groups is 1. The zero-order valence-corrected chi connectivity index (χ0v) is 9.33. The third-order valence-electron chi connectivity index (χ3n) is 3.34. The molecule has 1 aromatic heterocycles. The molecule has 0 spiro atoms. The van der Waals surface area contributed by atoms with Crippen LogP contribution in [0.5, 0.6) is 0 Å². The predicted molar refractivity (Wildman–Crippen MR) is 55.5 cm³/mol. The van der Waals surface area contributed by atoms with Crippen LogP contribution >= 0.6 is 0 Å².